The Labute approximate surface area is 174 Å². The van der Waals surface area contributed by atoms with E-state index in [0.717, 1.165) is 11.3 Å². The molecule has 0 radical (unpaired) electrons. The molecule has 2 N–H and O–H groups in total. The molecule has 0 aliphatic heterocycles. The van der Waals surface area contributed by atoms with Gasteiger partial charge in [-0.3, -0.25) is 9.59 Å². The summed E-state index contributed by atoms with van der Waals surface area (Å²) in [6.07, 6.45) is 4.83. The van der Waals surface area contributed by atoms with Gasteiger partial charge in [0.25, 0.3) is 0 Å². The van der Waals surface area contributed by atoms with E-state index < -0.39 is 5.91 Å². The van der Waals surface area contributed by atoms with Crippen LogP contribution in [0.25, 0.3) is 23.0 Å². The number of hydrogen-bond acceptors (Lipinski definition) is 3. The van der Waals surface area contributed by atoms with Crippen LogP contribution in [0, 0.1) is 5.82 Å². The van der Waals surface area contributed by atoms with Crippen molar-refractivity contribution in [2.24, 2.45) is 5.73 Å². The summed E-state index contributed by atoms with van der Waals surface area (Å²) in [4.78, 5) is 25.3. The quantitative estimate of drug-likeness (QED) is 0.611. The Morgan fingerprint density at radius 2 is 1.80 bits per heavy atom. The summed E-state index contributed by atoms with van der Waals surface area (Å²) < 4.78 is 15.1. The monoisotopic (exact) mass is 406 g/mol. The molecule has 30 heavy (non-hydrogen) atoms. The molecule has 0 atom stereocenters. The number of para-hydroxylation sites is 1. The summed E-state index contributed by atoms with van der Waals surface area (Å²) in [5.74, 6) is -1.25. The number of halogens is 1. The Kier molecular flexibility index (Phi) is 6.41. The van der Waals surface area contributed by atoms with Gasteiger partial charge in [-0.2, -0.15) is 5.10 Å². The zero-order chi connectivity index (χ0) is 21.7. The van der Waals surface area contributed by atoms with Gasteiger partial charge in [0.05, 0.1) is 17.9 Å². The van der Waals surface area contributed by atoms with Gasteiger partial charge in [-0.1, -0.05) is 18.2 Å². The minimum atomic E-state index is -0.575. The van der Waals surface area contributed by atoms with Gasteiger partial charge in [-0.05, 0) is 56.3 Å². The van der Waals surface area contributed by atoms with Crippen LogP contribution in [0.5, 0.6) is 0 Å². The molecule has 0 spiro atoms. The second kappa shape index (κ2) is 9.17. The number of carbonyl (C=O) groups is 2. The standard InChI is InChI=1S/C23H23FN4O2/c1-16(2)27(15-21(25)29)22(30)13-10-18-14-28(20-6-4-3-5-7-20)26-23(18)17-8-11-19(24)12-9-17/h3-14,16H,15H2,1-2H3,(H2,25,29)/b13-10+. The molecule has 1 aromatic heterocycles. The van der Waals surface area contributed by atoms with E-state index in [-0.39, 0.29) is 24.3 Å². The van der Waals surface area contributed by atoms with E-state index in [1.54, 1.807) is 29.1 Å². The first-order valence-electron chi connectivity index (χ1n) is 9.53. The van der Waals surface area contributed by atoms with Crippen LogP contribution in [-0.2, 0) is 9.59 Å². The Morgan fingerprint density at radius 1 is 1.13 bits per heavy atom. The van der Waals surface area contributed by atoms with Crippen molar-refractivity contribution >= 4 is 17.9 Å². The zero-order valence-electron chi connectivity index (χ0n) is 16.8. The summed E-state index contributed by atoms with van der Waals surface area (Å²) >= 11 is 0. The van der Waals surface area contributed by atoms with Gasteiger partial charge in [-0.25, -0.2) is 9.07 Å². The number of nitrogens with two attached hydrogens (primary N) is 1. The molecular weight excluding hydrogens is 383 g/mol. The van der Waals surface area contributed by atoms with Gasteiger partial charge in [-0.15, -0.1) is 0 Å². The van der Waals surface area contributed by atoms with Crippen LogP contribution in [0.2, 0.25) is 0 Å². The molecule has 0 unspecified atom stereocenters. The molecule has 0 bridgehead atoms. The van der Waals surface area contributed by atoms with E-state index >= 15 is 0 Å². The van der Waals surface area contributed by atoms with Crippen LogP contribution in [0.3, 0.4) is 0 Å². The molecule has 154 valence electrons. The largest absolute Gasteiger partial charge is 0.368 e. The number of rotatable bonds is 7. The molecular formula is C23H23FN4O2. The highest BCUT2D eigenvalue weighted by atomic mass is 19.1. The van der Waals surface area contributed by atoms with Crippen molar-refractivity contribution in [1.29, 1.82) is 0 Å². The summed E-state index contributed by atoms with van der Waals surface area (Å²) in [6.45, 7) is 3.47. The minimum Gasteiger partial charge on any atom is -0.368 e. The van der Waals surface area contributed by atoms with Crippen molar-refractivity contribution in [3.63, 3.8) is 0 Å². The van der Waals surface area contributed by atoms with Crippen LogP contribution in [0.15, 0.2) is 66.9 Å². The predicted molar refractivity (Wildman–Crippen MR) is 114 cm³/mol. The van der Waals surface area contributed by atoms with Crippen LogP contribution < -0.4 is 5.73 Å². The highest BCUT2D eigenvalue weighted by Gasteiger charge is 2.17. The molecule has 0 saturated carbocycles. The third kappa shape index (κ3) is 5.00. The van der Waals surface area contributed by atoms with E-state index in [0.29, 0.717) is 11.3 Å². The van der Waals surface area contributed by atoms with E-state index in [9.17, 15) is 14.0 Å². The summed E-state index contributed by atoms with van der Waals surface area (Å²) in [5, 5.41) is 4.63. The smallest absolute Gasteiger partial charge is 0.247 e. The molecule has 0 aliphatic carbocycles. The SMILES string of the molecule is CC(C)N(CC(N)=O)C(=O)/C=C/c1cn(-c2ccccc2)nc1-c1ccc(F)cc1. The number of benzene rings is 2. The maximum absolute atomic E-state index is 13.4. The first kappa shape index (κ1) is 21.0. The van der Waals surface area contributed by atoms with Crippen LogP contribution in [0.1, 0.15) is 19.4 Å². The number of nitrogens with zero attached hydrogens (tertiary/aromatic N) is 3. The highest BCUT2D eigenvalue weighted by molar-refractivity contribution is 5.95. The van der Waals surface area contributed by atoms with Gasteiger partial charge < -0.3 is 10.6 Å². The van der Waals surface area contributed by atoms with E-state index in [1.807, 2.05) is 44.2 Å². The fraction of sp³-hybridized carbons (Fsp3) is 0.174. The van der Waals surface area contributed by atoms with Gasteiger partial charge in [0.15, 0.2) is 0 Å². The number of aromatic nitrogens is 2. The second-order valence-electron chi connectivity index (χ2n) is 7.08. The number of hydrogen-bond donors (Lipinski definition) is 1. The molecule has 0 aliphatic rings. The lowest BCUT2D eigenvalue weighted by atomic mass is 10.1. The normalized spacial score (nSPS) is 11.2. The van der Waals surface area contributed by atoms with Crippen molar-refractivity contribution in [3.05, 3.63) is 78.3 Å². The summed E-state index contributed by atoms with van der Waals surface area (Å²) in [6, 6.07) is 15.4. The Morgan fingerprint density at radius 3 is 2.40 bits per heavy atom. The van der Waals surface area contributed by atoms with Crippen LogP contribution in [0.4, 0.5) is 4.39 Å². The molecule has 6 nitrogen and oxygen atoms in total. The maximum atomic E-state index is 13.4. The predicted octanol–water partition coefficient (Wildman–Crippen LogP) is 3.41. The molecule has 1 heterocycles. The van der Waals surface area contributed by atoms with Gasteiger partial charge >= 0.3 is 0 Å². The van der Waals surface area contributed by atoms with Gasteiger partial charge in [0.1, 0.15) is 5.82 Å². The topological polar surface area (TPSA) is 81.2 Å². The average Bonchev–Trinajstić information content (AvgIpc) is 3.15. The summed E-state index contributed by atoms with van der Waals surface area (Å²) in [7, 11) is 0. The lowest BCUT2D eigenvalue weighted by Crippen LogP contribution is -2.41. The molecule has 3 rings (SSSR count). The van der Waals surface area contributed by atoms with Crippen LogP contribution >= 0.6 is 0 Å². The molecule has 2 amide bonds. The van der Waals surface area contributed by atoms with Crippen molar-refractivity contribution in [2.75, 3.05) is 6.54 Å². The van der Waals surface area contributed by atoms with Gasteiger partial charge in [0.2, 0.25) is 11.8 Å². The fourth-order valence-corrected chi connectivity index (χ4v) is 2.99. The van der Waals surface area contributed by atoms with Crippen LogP contribution in [-0.4, -0.2) is 39.1 Å². The molecule has 3 aromatic rings. The van der Waals surface area contributed by atoms with Crippen molar-refractivity contribution in [1.82, 2.24) is 14.7 Å². The lowest BCUT2D eigenvalue weighted by Gasteiger charge is -2.23. The third-order valence-corrected chi connectivity index (χ3v) is 4.52. The Bertz CT molecular complexity index is 1060. The van der Waals surface area contributed by atoms with Crippen molar-refractivity contribution in [3.8, 4) is 16.9 Å². The highest BCUT2D eigenvalue weighted by Crippen LogP contribution is 2.25. The van der Waals surface area contributed by atoms with E-state index in [1.165, 1.54) is 23.1 Å². The average molecular weight is 406 g/mol. The first-order valence-corrected chi connectivity index (χ1v) is 9.53. The molecule has 0 saturated heterocycles. The Balaban J connectivity index is 1.98. The molecule has 0 fully saturated rings. The fourth-order valence-electron chi connectivity index (χ4n) is 2.99. The first-order chi connectivity index (χ1) is 14.3. The minimum absolute atomic E-state index is 0.158. The zero-order valence-corrected chi connectivity index (χ0v) is 16.8. The number of amides is 2. The van der Waals surface area contributed by atoms with E-state index in [4.69, 9.17) is 5.73 Å². The number of carbonyl (C=O) groups excluding carboxylic acids is 2. The lowest BCUT2D eigenvalue weighted by molar-refractivity contribution is -0.132. The Hall–Kier alpha value is -3.74. The third-order valence-electron chi connectivity index (χ3n) is 4.52. The summed E-state index contributed by atoms with van der Waals surface area (Å²) in [5.41, 5.74) is 8.11. The maximum Gasteiger partial charge on any atom is 0.247 e. The van der Waals surface area contributed by atoms with Crippen molar-refractivity contribution < 1.29 is 14.0 Å². The van der Waals surface area contributed by atoms with Gasteiger partial charge in [0, 0.05) is 29.4 Å². The number of primary amides is 1. The van der Waals surface area contributed by atoms with E-state index in [2.05, 4.69) is 5.10 Å². The molecule has 7 heteroatoms. The van der Waals surface area contributed by atoms with Crippen molar-refractivity contribution in [2.45, 2.75) is 19.9 Å². The molecule has 2 aromatic carbocycles. The second-order valence-corrected chi connectivity index (χ2v) is 7.08.